The van der Waals surface area contributed by atoms with Crippen LogP contribution in [0.1, 0.15) is 28.2 Å². The van der Waals surface area contributed by atoms with Crippen LogP contribution >= 0.6 is 11.3 Å². The minimum atomic E-state index is -4.31. The Kier molecular flexibility index (Phi) is 3.00. The number of nitrogens with zero attached hydrogens (tertiary/aromatic N) is 1. The summed E-state index contributed by atoms with van der Waals surface area (Å²) in [5.74, 6) is -0.588. The summed E-state index contributed by atoms with van der Waals surface area (Å²) in [6, 6.07) is 0. The topological polar surface area (TPSA) is 51.2 Å². The van der Waals surface area contributed by atoms with E-state index in [9.17, 15) is 18.0 Å². The molecule has 0 aromatic carbocycles. The minimum Gasteiger partial charge on any atom is -0.465 e. The number of ether oxygens (including phenoxy) is 1. The smallest absolute Gasteiger partial charge is 0.411 e. The van der Waals surface area contributed by atoms with E-state index in [-0.39, 0.29) is 22.9 Å². The number of hydrogen-bond acceptors (Lipinski definition) is 5. The fourth-order valence-corrected chi connectivity index (χ4v) is 2.52. The molecule has 0 amide bonds. The first-order chi connectivity index (χ1) is 8.29. The predicted octanol–water partition coefficient (Wildman–Crippen LogP) is 2.74. The van der Waals surface area contributed by atoms with Gasteiger partial charge in [0.15, 0.2) is 5.13 Å². The molecular weight excluding hydrogens is 269 g/mol. The summed E-state index contributed by atoms with van der Waals surface area (Å²) in [5.41, 5.74) is -1.50. The van der Waals surface area contributed by atoms with Crippen molar-refractivity contribution in [3.8, 4) is 0 Å². The summed E-state index contributed by atoms with van der Waals surface area (Å²) in [6.45, 7) is 1.56. The predicted molar refractivity (Wildman–Crippen MR) is 59.8 cm³/mol. The molecule has 0 radical (unpaired) electrons. The maximum Gasteiger partial charge on any atom is 0.411 e. The molecule has 1 N–H and O–H groups in total. The molecule has 18 heavy (non-hydrogen) atoms. The highest BCUT2D eigenvalue weighted by molar-refractivity contribution is 7.17. The number of thiazole rings is 1. The van der Waals surface area contributed by atoms with E-state index in [1.54, 1.807) is 6.92 Å². The average Bonchev–Trinajstić information content (AvgIpc) is 2.96. The number of halogens is 3. The maximum atomic E-state index is 12.7. The van der Waals surface area contributed by atoms with Crippen LogP contribution in [-0.4, -0.2) is 29.8 Å². The number of alkyl halides is 3. The van der Waals surface area contributed by atoms with E-state index >= 15 is 0 Å². The second-order valence-electron chi connectivity index (χ2n) is 4.13. The van der Waals surface area contributed by atoms with Gasteiger partial charge in [0.05, 0.1) is 12.8 Å². The lowest BCUT2D eigenvalue weighted by Crippen LogP contribution is -2.38. The van der Waals surface area contributed by atoms with Crippen molar-refractivity contribution in [2.75, 3.05) is 12.4 Å². The number of methoxy groups -OCH3 is 1. The molecule has 1 aromatic heterocycles. The van der Waals surface area contributed by atoms with Gasteiger partial charge in [-0.2, -0.15) is 13.2 Å². The van der Waals surface area contributed by atoms with E-state index < -0.39 is 17.7 Å². The zero-order valence-electron chi connectivity index (χ0n) is 9.72. The van der Waals surface area contributed by atoms with Crippen LogP contribution in [0.5, 0.6) is 0 Å². The quantitative estimate of drug-likeness (QED) is 0.865. The van der Waals surface area contributed by atoms with Gasteiger partial charge in [-0.1, -0.05) is 11.3 Å². The number of carbonyl (C=O) groups is 1. The van der Waals surface area contributed by atoms with Crippen LogP contribution in [0.15, 0.2) is 0 Å². The van der Waals surface area contributed by atoms with Crippen molar-refractivity contribution in [3.05, 3.63) is 10.6 Å². The molecule has 1 fully saturated rings. The zero-order chi connectivity index (χ0) is 13.6. The molecule has 1 aliphatic carbocycles. The molecule has 100 valence electrons. The Bertz CT molecular complexity index is 480. The lowest BCUT2D eigenvalue weighted by molar-refractivity contribution is -0.151. The van der Waals surface area contributed by atoms with Gasteiger partial charge in [0.2, 0.25) is 0 Å². The average molecular weight is 280 g/mol. The van der Waals surface area contributed by atoms with Crippen molar-refractivity contribution in [3.63, 3.8) is 0 Å². The first-order valence-electron chi connectivity index (χ1n) is 5.20. The number of carbonyl (C=O) groups excluding carboxylic acids is 1. The van der Waals surface area contributed by atoms with Crippen molar-refractivity contribution >= 4 is 22.4 Å². The first kappa shape index (κ1) is 13.1. The van der Waals surface area contributed by atoms with Gasteiger partial charge in [0.1, 0.15) is 10.4 Å². The minimum absolute atomic E-state index is 0.0304. The summed E-state index contributed by atoms with van der Waals surface area (Å²) in [7, 11) is 1.21. The fourth-order valence-electron chi connectivity index (χ4n) is 1.54. The first-order valence-corrected chi connectivity index (χ1v) is 6.01. The van der Waals surface area contributed by atoms with Gasteiger partial charge in [-0.15, -0.1) is 0 Å². The van der Waals surface area contributed by atoms with Crippen LogP contribution in [0.2, 0.25) is 0 Å². The molecule has 0 bridgehead atoms. The molecule has 1 saturated carbocycles. The Hall–Kier alpha value is -1.31. The molecule has 2 rings (SSSR count). The normalized spacial score (nSPS) is 17.4. The van der Waals surface area contributed by atoms with Crippen LogP contribution in [-0.2, 0) is 4.74 Å². The van der Waals surface area contributed by atoms with Crippen molar-refractivity contribution in [1.29, 1.82) is 0 Å². The van der Waals surface area contributed by atoms with Gasteiger partial charge in [-0.25, -0.2) is 9.78 Å². The molecule has 1 aromatic rings. The lowest BCUT2D eigenvalue weighted by atomic mass is 10.3. The third-order valence-electron chi connectivity index (χ3n) is 2.81. The fraction of sp³-hybridized carbons (Fsp3) is 0.600. The van der Waals surface area contributed by atoms with Crippen molar-refractivity contribution in [2.45, 2.75) is 31.5 Å². The van der Waals surface area contributed by atoms with E-state index in [2.05, 4.69) is 15.0 Å². The Morgan fingerprint density at radius 2 is 2.11 bits per heavy atom. The van der Waals surface area contributed by atoms with Crippen molar-refractivity contribution < 1.29 is 22.7 Å². The number of rotatable bonds is 3. The SMILES string of the molecule is COC(=O)c1sc(NC2(C(F)(F)F)CC2)nc1C. The van der Waals surface area contributed by atoms with E-state index in [1.165, 1.54) is 7.11 Å². The van der Waals surface area contributed by atoms with E-state index in [4.69, 9.17) is 0 Å². The Balaban J connectivity index is 2.19. The summed E-state index contributed by atoms with van der Waals surface area (Å²) >= 11 is 0.878. The monoisotopic (exact) mass is 280 g/mol. The molecule has 4 nitrogen and oxygen atoms in total. The number of esters is 1. The third kappa shape index (κ3) is 2.16. The molecule has 0 aliphatic heterocycles. The molecule has 1 aliphatic rings. The maximum absolute atomic E-state index is 12.7. The molecule has 0 atom stereocenters. The highest BCUT2D eigenvalue weighted by atomic mass is 32.1. The van der Waals surface area contributed by atoms with Gasteiger partial charge < -0.3 is 10.1 Å². The Labute approximate surface area is 105 Å². The highest BCUT2D eigenvalue weighted by Crippen LogP contribution is 2.51. The van der Waals surface area contributed by atoms with Crippen LogP contribution in [0.3, 0.4) is 0 Å². The van der Waals surface area contributed by atoms with Gasteiger partial charge in [-0.3, -0.25) is 0 Å². The summed E-state index contributed by atoms with van der Waals surface area (Å²) in [4.78, 5) is 15.5. The number of nitrogens with one attached hydrogen (secondary N) is 1. The van der Waals surface area contributed by atoms with E-state index in [0.717, 1.165) is 11.3 Å². The largest absolute Gasteiger partial charge is 0.465 e. The van der Waals surface area contributed by atoms with Crippen molar-refractivity contribution in [2.24, 2.45) is 0 Å². The van der Waals surface area contributed by atoms with Gasteiger partial charge >= 0.3 is 12.1 Å². The van der Waals surface area contributed by atoms with Crippen molar-refractivity contribution in [1.82, 2.24) is 4.98 Å². The molecule has 1 heterocycles. The third-order valence-corrected chi connectivity index (χ3v) is 3.86. The highest BCUT2D eigenvalue weighted by Gasteiger charge is 2.64. The zero-order valence-corrected chi connectivity index (χ0v) is 10.5. The number of hydrogen-bond donors (Lipinski definition) is 1. The second-order valence-corrected chi connectivity index (χ2v) is 5.13. The molecular formula is C10H11F3N2O2S. The van der Waals surface area contributed by atoms with Gasteiger partial charge in [0, 0.05) is 0 Å². The number of aromatic nitrogens is 1. The Morgan fingerprint density at radius 1 is 1.50 bits per heavy atom. The number of anilines is 1. The number of aryl methyl sites for hydroxylation is 1. The van der Waals surface area contributed by atoms with E-state index in [1.807, 2.05) is 0 Å². The standard InChI is InChI=1S/C10H11F3N2O2S/c1-5-6(7(16)17-2)18-8(14-5)15-9(3-4-9)10(11,12)13/h3-4H2,1-2H3,(H,14,15). The Morgan fingerprint density at radius 3 is 2.56 bits per heavy atom. The second kappa shape index (κ2) is 4.11. The van der Waals surface area contributed by atoms with Crippen LogP contribution in [0.25, 0.3) is 0 Å². The van der Waals surface area contributed by atoms with Crippen LogP contribution < -0.4 is 5.32 Å². The van der Waals surface area contributed by atoms with Crippen LogP contribution in [0, 0.1) is 6.92 Å². The van der Waals surface area contributed by atoms with Gasteiger partial charge in [-0.05, 0) is 19.8 Å². The van der Waals surface area contributed by atoms with Crippen LogP contribution in [0.4, 0.5) is 18.3 Å². The van der Waals surface area contributed by atoms with Gasteiger partial charge in [0.25, 0.3) is 0 Å². The summed E-state index contributed by atoms with van der Waals surface area (Å²) < 4.78 is 42.7. The molecule has 0 spiro atoms. The summed E-state index contributed by atoms with van der Waals surface area (Å²) in [5, 5.41) is 2.48. The molecule has 0 unspecified atom stereocenters. The summed E-state index contributed by atoms with van der Waals surface area (Å²) in [6.07, 6.45) is -4.25. The molecule has 8 heteroatoms. The molecule has 0 saturated heterocycles. The van der Waals surface area contributed by atoms with E-state index in [0.29, 0.717) is 5.69 Å². The lowest BCUT2D eigenvalue weighted by Gasteiger charge is -2.19.